The molecule has 0 spiro atoms. The normalized spacial score (nSPS) is 21.9. The third-order valence-electron chi connectivity index (χ3n) is 2.27. The summed E-state index contributed by atoms with van der Waals surface area (Å²) >= 11 is 0. The quantitative estimate of drug-likeness (QED) is 0.571. The van der Waals surface area contributed by atoms with Gasteiger partial charge in [0.1, 0.15) is 0 Å². The summed E-state index contributed by atoms with van der Waals surface area (Å²) in [5, 5.41) is 0. The van der Waals surface area contributed by atoms with E-state index in [0.717, 1.165) is 0 Å². The maximum absolute atomic E-state index is 11.5. The molecule has 0 atom stereocenters. The van der Waals surface area contributed by atoms with Gasteiger partial charge in [-0.15, -0.1) is 0 Å². The van der Waals surface area contributed by atoms with Crippen molar-refractivity contribution < 1.29 is 9.00 Å². The molecule has 1 fully saturated rings. The van der Waals surface area contributed by atoms with E-state index in [1.807, 2.05) is 13.8 Å². The second kappa shape index (κ2) is 3.70. The van der Waals surface area contributed by atoms with Gasteiger partial charge >= 0.3 is 0 Å². The molecule has 1 rings (SSSR count). The Labute approximate surface area is 80.1 Å². The van der Waals surface area contributed by atoms with E-state index in [9.17, 15) is 9.00 Å². The molecule has 1 saturated heterocycles. The predicted octanol–water partition coefficient (Wildman–Crippen LogP) is 0.201. The molecule has 76 valence electrons. The minimum atomic E-state index is -1.87. The van der Waals surface area contributed by atoms with Crippen LogP contribution >= 0.6 is 0 Å². The van der Waals surface area contributed by atoms with Gasteiger partial charge in [0.15, 0.2) is 0 Å². The van der Waals surface area contributed by atoms with E-state index in [1.54, 1.807) is 4.90 Å². The summed E-state index contributed by atoms with van der Waals surface area (Å²) in [7, 11) is -1.87. The molecule has 1 heterocycles. The van der Waals surface area contributed by atoms with Gasteiger partial charge in [-0.05, 0) is 15.4 Å². The van der Waals surface area contributed by atoms with Gasteiger partial charge in [0.05, 0.1) is 0 Å². The van der Waals surface area contributed by atoms with Gasteiger partial charge in [-0.2, -0.15) is 0 Å². The molecule has 0 unspecified atom stereocenters. The topological polar surface area (TPSA) is 37.4 Å². The van der Waals surface area contributed by atoms with E-state index in [4.69, 9.17) is 0 Å². The van der Waals surface area contributed by atoms with Crippen LogP contribution in [0, 0.1) is 5.92 Å². The van der Waals surface area contributed by atoms with Crippen molar-refractivity contribution in [2.45, 2.75) is 13.8 Å². The van der Waals surface area contributed by atoms with Crippen LogP contribution in [0.15, 0.2) is 0 Å². The van der Waals surface area contributed by atoms with Crippen molar-refractivity contribution >= 4 is 21.3 Å². The van der Waals surface area contributed by atoms with Crippen LogP contribution in [-0.2, 0) is 14.3 Å². The first-order chi connectivity index (χ1) is 5.92. The van der Waals surface area contributed by atoms with Crippen molar-refractivity contribution in [1.82, 2.24) is 4.90 Å². The van der Waals surface area contributed by atoms with Crippen LogP contribution in [0.25, 0.3) is 0 Å². The number of rotatable bonds is 1. The Morgan fingerprint density at radius 3 is 2.23 bits per heavy atom. The largest absolute Gasteiger partial charge is 0.341 e. The van der Waals surface area contributed by atoms with Crippen molar-refractivity contribution in [3.63, 3.8) is 0 Å². The second-order valence-corrected chi connectivity index (χ2v) is 6.60. The predicted molar refractivity (Wildman–Crippen MR) is 56.4 cm³/mol. The monoisotopic (exact) mass is 203 g/mol. The van der Waals surface area contributed by atoms with Gasteiger partial charge in [0.2, 0.25) is 5.91 Å². The van der Waals surface area contributed by atoms with E-state index in [1.165, 1.54) is 0 Å². The van der Waals surface area contributed by atoms with Crippen LogP contribution in [-0.4, -0.2) is 45.5 Å². The molecule has 1 aliphatic heterocycles. The average molecular weight is 203 g/mol. The molecule has 1 aliphatic rings. The highest BCUT2D eigenvalue weighted by atomic mass is 32.2. The molecule has 4 heteroatoms. The van der Waals surface area contributed by atoms with E-state index in [-0.39, 0.29) is 11.8 Å². The number of hydrogen-bond acceptors (Lipinski definition) is 2. The first-order valence-corrected chi connectivity index (χ1v) is 6.60. The Balaban J connectivity index is 2.55. The summed E-state index contributed by atoms with van der Waals surface area (Å²) < 4.78 is 11.5. The third-order valence-corrected chi connectivity index (χ3v) is 4.13. The van der Waals surface area contributed by atoms with Crippen LogP contribution in [0.1, 0.15) is 13.8 Å². The van der Waals surface area contributed by atoms with E-state index < -0.39 is 9.52 Å². The fourth-order valence-electron chi connectivity index (χ4n) is 1.35. The molecular formula is C9H17NO2S. The van der Waals surface area contributed by atoms with Crippen LogP contribution in [0.2, 0.25) is 0 Å². The van der Waals surface area contributed by atoms with Crippen LogP contribution in [0.5, 0.6) is 0 Å². The highest BCUT2D eigenvalue weighted by Gasteiger charge is 2.22. The Kier molecular flexibility index (Phi) is 3.01. The SMILES string of the molecule is C=S1(=O)CCN(C(=O)C(C)C)CC1. The van der Waals surface area contributed by atoms with E-state index >= 15 is 0 Å². The number of hydrogen-bond donors (Lipinski definition) is 0. The highest BCUT2D eigenvalue weighted by molar-refractivity contribution is 8.00. The van der Waals surface area contributed by atoms with E-state index in [0.29, 0.717) is 24.6 Å². The van der Waals surface area contributed by atoms with Crippen molar-refractivity contribution in [2.75, 3.05) is 24.6 Å². The van der Waals surface area contributed by atoms with Gasteiger partial charge in [-0.3, -0.25) is 9.00 Å². The van der Waals surface area contributed by atoms with Gasteiger partial charge in [0, 0.05) is 30.5 Å². The fraction of sp³-hybridized carbons (Fsp3) is 0.778. The molecule has 0 radical (unpaired) electrons. The van der Waals surface area contributed by atoms with Crippen LogP contribution in [0.4, 0.5) is 0 Å². The van der Waals surface area contributed by atoms with Crippen molar-refractivity contribution in [3.05, 3.63) is 0 Å². The molecule has 13 heavy (non-hydrogen) atoms. The van der Waals surface area contributed by atoms with Crippen molar-refractivity contribution in [2.24, 2.45) is 5.92 Å². The van der Waals surface area contributed by atoms with Crippen LogP contribution in [0.3, 0.4) is 0 Å². The smallest absolute Gasteiger partial charge is 0.225 e. The Hall–Kier alpha value is -0.510. The summed E-state index contributed by atoms with van der Waals surface area (Å²) in [5.74, 6) is 4.98. The zero-order valence-corrected chi connectivity index (χ0v) is 9.10. The molecule has 0 aromatic heterocycles. The number of carbonyl (C=O) groups excluding carboxylic acids is 1. The lowest BCUT2D eigenvalue weighted by atomic mass is 10.2. The second-order valence-electron chi connectivity index (χ2n) is 3.85. The maximum atomic E-state index is 11.5. The number of nitrogens with zero attached hydrogens (tertiary/aromatic N) is 1. The summed E-state index contributed by atoms with van der Waals surface area (Å²) in [4.78, 5) is 13.3. The zero-order valence-electron chi connectivity index (χ0n) is 8.28. The van der Waals surface area contributed by atoms with Gasteiger partial charge in [-0.25, -0.2) is 0 Å². The summed E-state index contributed by atoms with van der Waals surface area (Å²) in [6.07, 6.45) is 0. The average Bonchev–Trinajstić information content (AvgIpc) is 2.03. The molecule has 1 amide bonds. The lowest BCUT2D eigenvalue weighted by Gasteiger charge is -2.30. The number of carbonyl (C=O) groups is 1. The Morgan fingerprint density at radius 2 is 1.85 bits per heavy atom. The molecule has 0 bridgehead atoms. The minimum absolute atomic E-state index is 0.0407. The zero-order chi connectivity index (χ0) is 10.1. The van der Waals surface area contributed by atoms with E-state index in [2.05, 4.69) is 5.87 Å². The minimum Gasteiger partial charge on any atom is -0.341 e. The van der Waals surface area contributed by atoms with Gasteiger partial charge < -0.3 is 4.90 Å². The molecule has 0 aromatic rings. The molecule has 0 N–H and O–H groups in total. The van der Waals surface area contributed by atoms with Gasteiger partial charge in [-0.1, -0.05) is 13.8 Å². The molecular weight excluding hydrogens is 186 g/mol. The third kappa shape index (κ3) is 2.72. The highest BCUT2D eigenvalue weighted by Crippen LogP contribution is 2.07. The first-order valence-electron chi connectivity index (χ1n) is 4.54. The molecule has 0 aromatic carbocycles. The molecule has 3 nitrogen and oxygen atoms in total. The summed E-state index contributed by atoms with van der Waals surface area (Å²) in [5.41, 5.74) is 0. The Morgan fingerprint density at radius 1 is 1.38 bits per heavy atom. The summed E-state index contributed by atoms with van der Waals surface area (Å²) in [6.45, 7) is 5.00. The molecule has 0 aliphatic carbocycles. The van der Waals surface area contributed by atoms with Crippen molar-refractivity contribution in [3.8, 4) is 0 Å². The van der Waals surface area contributed by atoms with Crippen molar-refractivity contribution in [1.29, 1.82) is 0 Å². The number of amides is 1. The lowest BCUT2D eigenvalue weighted by Crippen LogP contribution is -2.45. The summed E-state index contributed by atoms with van der Waals surface area (Å²) in [6, 6.07) is 0. The molecule has 0 saturated carbocycles. The standard InChI is InChI=1S/C9H17NO2S/c1-8(2)9(11)10-4-6-13(3,12)7-5-10/h8H,3-7H2,1-2H3. The Bertz CT molecular complexity index is 279. The first kappa shape index (κ1) is 10.6. The lowest BCUT2D eigenvalue weighted by molar-refractivity contribution is -0.134. The van der Waals surface area contributed by atoms with Crippen LogP contribution < -0.4 is 0 Å². The maximum Gasteiger partial charge on any atom is 0.225 e. The fourth-order valence-corrected chi connectivity index (χ4v) is 2.66. The van der Waals surface area contributed by atoms with Gasteiger partial charge in [0.25, 0.3) is 0 Å².